The number of nitrogens with one attached hydrogen (secondary N) is 6. The number of aromatic amines is 1. The molecule has 4 amide bonds. The number of pyridine rings is 4. The minimum absolute atomic E-state index is 0.0139. The lowest BCUT2D eigenvalue weighted by atomic mass is 9.81. The number of carbonyl (C=O) groups excluding carboxylic acids is 5. The van der Waals surface area contributed by atoms with Crippen LogP contribution in [-0.2, 0) is 21.8 Å². The average molecular weight is 1520 g/mol. The standard InChI is InChI=1S/2C17H18ClN5O2.C13H14BrClN2O2.C7H12O.C6H4BrClN2O2.C4H5N3/c2*1-16(2)5-3-6-17(16)22-14(24)13-10(18)8-11(15(25)23(13)17)21-12-4-7-19-9-20-12;1-12(2)4-3-5-13(12)16-10(18)9-8(15)6-7(14)11(19)17(9)13;1-7(2)5-3-4-6(7)8;7-2-1-3(8)4(5(9)11)10-6(2)12;5-4-1-2-6-3-7-4/h2*4,7-9H,3,5-6H2,1-2H3,(H,22,24)(H,19,20,21);6H,3-5H2,1-2H3,(H,16,18);3-5H2,1-2H3;1H,(H2,9,11)(H,10,12);1-3H,(H2,5,6,7). The maximum absolute atomic E-state index is 13.2. The first-order valence-corrected chi connectivity index (χ1v) is 33.7. The maximum Gasteiger partial charge on any atom is 0.276 e. The molecule has 32 heteroatoms. The van der Waals surface area contributed by atoms with Crippen LogP contribution >= 0.6 is 78.3 Å². The van der Waals surface area contributed by atoms with Crippen molar-refractivity contribution >= 4 is 137 Å². The van der Waals surface area contributed by atoms with Crippen molar-refractivity contribution in [3.05, 3.63) is 173 Å². The molecule has 3 atom stereocenters. The number of ketones is 1. The van der Waals surface area contributed by atoms with Crippen LogP contribution in [0.4, 0.5) is 28.8 Å². The summed E-state index contributed by atoms with van der Waals surface area (Å²) in [5, 5.41) is 16.0. The molecule has 3 unspecified atom stereocenters. The summed E-state index contributed by atoms with van der Waals surface area (Å²) in [5.74, 6) is 0.305. The van der Waals surface area contributed by atoms with Crippen molar-refractivity contribution in [3.63, 3.8) is 0 Å². The Morgan fingerprint density at radius 2 is 0.896 bits per heavy atom. The van der Waals surface area contributed by atoms with Crippen molar-refractivity contribution < 1.29 is 24.0 Å². The molecule has 0 radical (unpaired) electrons. The van der Waals surface area contributed by atoms with Gasteiger partial charge in [0, 0.05) is 46.7 Å². The largest absolute Gasteiger partial charge is 0.384 e. The first-order chi connectivity index (χ1) is 45.1. The molecule has 3 aliphatic heterocycles. The summed E-state index contributed by atoms with van der Waals surface area (Å²) in [6.45, 7) is 16.5. The molecule has 4 saturated carbocycles. The molecule has 7 aromatic rings. The second-order valence-corrected chi connectivity index (χ2v) is 29.9. The van der Waals surface area contributed by atoms with Crippen LogP contribution in [0.5, 0.6) is 0 Å². The molecular formula is C64H71Br2Cl4N17O9. The van der Waals surface area contributed by atoms with Crippen molar-refractivity contribution in [2.45, 2.75) is 149 Å². The van der Waals surface area contributed by atoms with E-state index in [1.165, 1.54) is 43.2 Å². The van der Waals surface area contributed by atoms with E-state index in [2.05, 4.69) is 135 Å². The van der Waals surface area contributed by atoms with Crippen molar-refractivity contribution in [2.24, 2.45) is 27.4 Å². The van der Waals surface area contributed by atoms with Crippen molar-refractivity contribution in [1.82, 2.24) is 64.5 Å². The molecule has 7 aromatic heterocycles. The van der Waals surface area contributed by atoms with Gasteiger partial charge in [-0.1, -0.05) is 102 Å². The Morgan fingerprint density at radius 3 is 1.20 bits per heavy atom. The molecule has 508 valence electrons. The molecule has 4 fully saturated rings. The Morgan fingerprint density at radius 1 is 0.510 bits per heavy atom. The third kappa shape index (κ3) is 13.7. The number of nitrogens with zero attached hydrogens (tertiary/aromatic N) is 9. The summed E-state index contributed by atoms with van der Waals surface area (Å²) < 4.78 is 5.31. The van der Waals surface area contributed by atoms with Gasteiger partial charge < -0.3 is 43.0 Å². The van der Waals surface area contributed by atoms with E-state index in [1.54, 1.807) is 50.5 Å². The van der Waals surface area contributed by atoms with Crippen molar-refractivity contribution in [1.29, 1.82) is 0 Å². The molecule has 10 heterocycles. The van der Waals surface area contributed by atoms with Crippen LogP contribution in [0.15, 0.2) is 108 Å². The van der Waals surface area contributed by atoms with Gasteiger partial charge in [0.2, 0.25) is 0 Å². The Labute approximate surface area is 587 Å². The van der Waals surface area contributed by atoms with Gasteiger partial charge in [0.25, 0.3) is 45.9 Å². The number of anilines is 5. The number of hydrogen-bond acceptors (Lipinski definition) is 18. The number of H-pyrrole nitrogens is 1. The Bertz CT molecular complexity index is 4330. The Balaban J connectivity index is 0.000000143. The number of Topliss-reactive ketones (excluding diaryl/α,β-unsaturated/α-hetero) is 1. The van der Waals surface area contributed by atoms with Gasteiger partial charge in [-0.3, -0.25) is 56.9 Å². The summed E-state index contributed by atoms with van der Waals surface area (Å²) in [6.07, 6.45) is 19.7. The second-order valence-electron chi connectivity index (χ2n) is 26.5. The predicted molar refractivity (Wildman–Crippen MR) is 372 cm³/mol. The molecule has 4 aliphatic carbocycles. The van der Waals surface area contributed by atoms with Gasteiger partial charge in [0.1, 0.15) is 93.4 Å². The fourth-order valence-corrected chi connectivity index (χ4v) is 15.7. The third-order valence-electron chi connectivity index (χ3n) is 19.0. The number of rotatable bonds is 5. The van der Waals surface area contributed by atoms with E-state index in [1.807, 2.05) is 13.8 Å². The van der Waals surface area contributed by atoms with Crippen LogP contribution in [0.25, 0.3) is 0 Å². The lowest BCUT2D eigenvalue weighted by Crippen LogP contribution is -2.54. The van der Waals surface area contributed by atoms with E-state index in [4.69, 9.17) is 57.9 Å². The van der Waals surface area contributed by atoms with Gasteiger partial charge in [-0.05, 0) is 145 Å². The number of carbonyl (C=O) groups is 5. The lowest BCUT2D eigenvalue weighted by Gasteiger charge is -2.39. The highest BCUT2D eigenvalue weighted by Crippen LogP contribution is 2.54. The minimum atomic E-state index is -0.760. The van der Waals surface area contributed by atoms with Gasteiger partial charge >= 0.3 is 0 Å². The fourth-order valence-electron chi connectivity index (χ4n) is 13.6. The normalized spacial score (nSPS) is 21.8. The zero-order valence-corrected chi connectivity index (χ0v) is 59.8. The SMILES string of the molecule is CC1(C)CCCC12NC(=O)c1c(Cl)cc(Br)c(=O)n12.CC1(C)CCCC12NC(=O)c1c(Cl)cc(Nc3ccncn3)c(=O)n12.CC1(C)CCCC12NC(=O)c1c(Cl)cc(Nc3ccncn3)c(=O)n12.CC1(C)CCCC1=O.NC(=O)c1[nH]c(=O)c(Br)cc1Cl.Nc1ccncn1. The molecule has 0 bridgehead atoms. The minimum Gasteiger partial charge on any atom is -0.384 e. The number of aromatic nitrogens is 10. The number of halogens is 6. The Hall–Kier alpha value is -7.89. The molecule has 0 saturated heterocycles. The van der Waals surface area contributed by atoms with Crippen molar-refractivity contribution in [2.75, 3.05) is 16.4 Å². The van der Waals surface area contributed by atoms with Crippen LogP contribution in [0.1, 0.15) is 174 Å². The summed E-state index contributed by atoms with van der Waals surface area (Å²) in [4.78, 5) is 134. The molecule has 14 rings (SSSR count). The van der Waals surface area contributed by atoms with Crippen LogP contribution in [0.2, 0.25) is 20.1 Å². The van der Waals surface area contributed by atoms with E-state index >= 15 is 0 Å². The van der Waals surface area contributed by atoms with Crippen LogP contribution in [-0.4, -0.2) is 78.0 Å². The average Bonchev–Trinajstić information content (AvgIpc) is 1.56. The Kier molecular flexibility index (Phi) is 21.0. The molecule has 10 N–H and O–H groups in total. The highest BCUT2D eigenvalue weighted by Gasteiger charge is 2.60. The van der Waals surface area contributed by atoms with Gasteiger partial charge in [0.15, 0.2) is 0 Å². The van der Waals surface area contributed by atoms with E-state index < -0.39 is 28.5 Å². The van der Waals surface area contributed by atoms with Crippen LogP contribution in [0, 0.1) is 21.7 Å². The molecule has 3 spiro atoms. The number of hydrogen-bond donors (Lipinski definition) is 8. The van der Waals surface area contributed by atoms with E-state index in [9.17, 15) is 43.2 Å². The number of primary amides is 1. The lowest BCUT2D eigenvalue weighted by molar-refractivity contribution is -0.124. The molecule has 7 aliphatic rings. The highest BCUT2D eigenvalue weighted by molar-refractivity contribution is 9.10. The zero-order chi connectivity index (χ0) is 70.3. The van der Waals surface area contributed by atoms with Crippen LogP contribution < -0.4 is 60.3 Å². The first-order valence-electron chi connectivity index (χ1n) is 30.6. The maximum atomic E-state index is 13.2. The van der Waals surface area contributed by atoms with E-state index in [0.29, 0.717) is 45.6 Å². The first kappa shape index (κ1) is 72.4. The molecule has 26 nitrogen and oxygen atoms in total. The number of nitrogens with two attached hydrogens (primary N) is 2. The quantitative estimate of drug-likeness (QED) is 0.0793. The van der Waals surface area contributed by atoms with E-state index in [-0.39, 0.29) is 110 Å². The monoisotopic (exact) mass is 1520 g/mol. The van der Waals surface area contributed by atoms with Gasteiger partial charge in [-0.25, -0.2) is 29.9 Å². The van der Waals surface area contributed by atoms with E-state index in [0.717, 1.165) is 64.2 Å². The smallest absolute Gasteiger partial charge is 0.276 e. The fraction of sp³-hybridized carbons (Fsp3) is 0.422. The second kappa shape index (κ2) is 27.9. The summed E-state index contributed by atoms with van der Waals surface area (Å²) >= 11 is 30.7. The summed E-state index contributed by atoms with van der Waals surface area (Å²) in [6, 6.07) is 10.7. The van der Waals surface area contributed by atoms with Gasteiger partial charge in [0.05, 0.1) is 29.0 Å². The zero-order valence-electron chi connectivity index (χ0n) is 53.6. The topological polar surface area (TPSA) is 374 Å². The molecule has 0 aromatic carbocycles. The van der Waals surface area contributed by atoms with Crippen molar-refractivity contribution in [3.8, 4) is 0 Å². The summed E-state index contributed by atoms with van der Waals surface area (Å²) in [7, 11) is 0. The number of fused-ring (bicyclic) bond motifs is 6. The number of amides is 4. The predicted octanol–water partition coefficient (Wildman–Crippen LogP) is 10.9. The van der Waals surface area contributed by atoms with Gasteiger partial charge in [-0.15, -0.1) is 0 Å². The van der Waals surface area contributed by atoms with Crippen LogP contribution in [0.3, 0.4) is 0 Å². The van der Waals surface area contributed by atoms with Gasteiger partial charge in [-0.2, -0.15) is 0 Å². The molecular weight excluding hydrogens is 1450 g/mol. The highest BCUT2D eigenvalue weighted by atomic mass is 79.9. The molecule has 96 heavy (non-hydrogen) atoms. The summed E-state index contributed by atoms with van der Waals surface area (Å²) in [5.41, 5.74) is 7.34. The number of nitrogen functional groups attached to an aromatic ring is 1. The third-order valence-corrected chi connectivity index (χ3v) is 21.3.